The molecule has 0 atom stereocenters. The minimum atomic E-state index is 0.465. The van der Waals surface area contributed by atoms with Crippen LogP contribution in [0.5, 0.6) is 5.75 Å². The minimum Gasteiger partial charge on any atom is -0.487 e. The average Bonchev–Trinajstić information content (AvgIpc) is 2.69. The summed E-state index contributed by atoms with van der Waals surface area (Å²) in [5.41, 5.74) is 4.76. The normalized spacial score (nSPS) is 10.2. The molecule has 3 aromatic rings. The van der Waals surface area contributed by atoms with Gasteiger partial charge in [0.05, 0.1) is 4.47 Å². The fourth-order valence-electron chi connectivity index (χ4n) is 2.66. The van der Waals surface area contributed by atoms with Crippen molar-refractivity contribution < 1.29 is 4.74 Å². The first kappa shape index (κ1) is 20.3. The van der Waals surface area contributed by atoms with Crippen molar-refractivity contribution in [3.63, 3.8) is 0 Å². The Morgan fingerprint density at radius 3 is 2.00 bits per heavy atom. The van der Waals surface area contributed by atoms with Crippen molar-refractivity contribution >= 4 is 15.9 Å². The first-order valence-corrected chi connectivity index (χ1v) is 10.00. The maximum Gasteiger partial charge on any atom is 0.141 e. The van der Waals surface area contributed by atoms with E-state index in [0.29, 0.717) is 12.5 Å². The quantitative estimate of drug-likeness (QED) is 0.415. The van der Waals surface area contributed by atoms with E-state index in [4.69, 9.17) is 4.74 Å². The molecule has 0 bridgehead atoms. The molecule has 0 aromatic heterocycles. The molecule has 1 nitrogen and oxygen atoms in total. The van der Waals surface area contributed by atoms with Gasteiger partial charge in [0.1, 0.15) is 12.4 Å². The zero-order valence-corrected chi connectivity index (χ0v) is 17.6. The molecule has 0 spiro atoms. The Balaban J connectivity index is 0.00000117. The van der Waals surface area contributed by atoms with Gasteiger partial charge in [-0.05, 0) is 50.7 Å². The Morgan fingerprint density at radius 2 is 1.42 bits per heavy atom. The van der Waals surface area contributed by atoms with Gasteiger partial charge in [-0.3, -0.25) is 0 Å². The predicted molar refractivity (Wildman–Crippen MR) is 116 cm³/mol. The Labute approximate surface area is 166 Å². The summed E-state index contributed by atoms with van der Waals surface area (Å²) in [5, 5.41) is 0. The Hall–Kier alpha value is -2.06. The molecule has 0 saturated carbocycles. The predicted octanol–water partition coefficient (Wildman–Crippen LogP) is 7.84. The van der Waals surface area contributed by atoms with Crippen LogP contribution in [0.25, 0.3) is 11.1 Å². The van der Waals surface area contributed by atoms with Gasteiger partial charge in [0.15, 0.2) is 0 Å². The van der Waals surface area contributed by atoms with Gasteiger partial charge >= 0.3 is 0 Å². The van der Waals surface area contributed by atoms with Gasteiger partial charge in [-0.25, -0.2) is 0 Å². The maximum atomic E-state index is 6.20. The first-order valence-electron chi connectivity index (χ1n) is 9.20. The van der Waals surface area contributed by atoms with E-state index >= 15 is 0 Å². The lowest BCUT2D eigenvalue weighted by atomic mass is 9.96. The summed E-state index contributed by atoms with van der Waals surface area (Å²) in [6, 6.07) is 25.1. The standard InChI is InChI=1S/C22H21BrO.C2H6/c1-16(2)19-13-20(18-11-7-4-8-12-18)22(21(23)14-19)24-15-17-9-5-3-6-10-17;1-2/h3-14,16H,15H2,1-2H3;1-2H3. The van der Waals surface area contributed by atoms with Crippen LogP contribution in [-0.2, 0) is 6.61 Å². The third-order valence-corrected chi connectivity index (χ3v) is 4.63. The monoisotopic (exact) mass is 410 g/mol. The number of hydrogen-bond acceptors (Lipinski definition) is 1. The van der Waals surface area contributed by atoms with Crippen LogP contribution in [-0.4, -0.2) is 0 Å². The number of rotatable bonds is 5. The number of ether oxygens (including phenoxy) is 1. The van der Waals surface area contributed by atoms with E-state index in [0.717, 1.165) is 21.3 Å². The Bertz CT molecular complexity index is 795. The summed E-state index contributed by atoms with van der Waals surface area (Å²) >= 11 is 3.71. The van der Waals surface area contributed by atoms with Crippen LogP contribution in [0.2, 0.25) is 0 Å². The van der Waals surface area contributed by atoms with Crippen LogP contribution in [0.3, 0.4) is 0 Å². The summed E-state index contributed by atoms with van der Waals surface area (Å²) < 4.78 is 7.20. The van der Waals surface area contributed by atoms with Crippen molar-refractivity contribution in [3.05, 3.63) is 88.4 Å². The topological polar surface area (TPSA) is 9.23 Å². The van der Waals surface area contributed by atoms with Crippen molar-refractivity contribution in [3.8, 4) is 16.9 Å². The molecular weight excluding hydrogens is 384 g/mol. The molecule has 0 aliphatic rings. The smallest absolute Gasteiger partial charge is 0.141 e. The highest BCUT2D eigenvalue weighted by molar-refractivity contribution is 9.10. The summed E-state index contributed by atoms with van der Waals surface area (Å²) in [7, 11) is 0. The largest absolute Gasteiger partial charge is 0.487 e. The van der Waals surface area contributed by atoms with Crippen LogP contribution >= 0.6 is 15.9 Å². The minimum absolute atomic E-state index is 0.465. The molecular formula is C24H27BrO. The molecule has 0 fully saturated rings. The van der Waals surface area contributed by atoms with Gasteiger partial charge in [-0.1, -0.05) is 88.4 Å². The second kappa shape index (κ2) is 10.2. The zero-order valence-electron chi connectivity index (χ0n) is 16.0. The van der Waals surface area contributed by atoms with Gasteiger partial charge in [-0.2, -0.15) is 0 Å². The van der Waals surface area contributed by atoms with E-state index < -0.39 is 0 Å². The van der Waals surface area contributed by atoms with Crippen molar-refractivity contribution in [1.82, 2.24) is 0 Å². The van der Waals surface area contributed by atoms with E-state index in [1.165, 1.54) is 11.1 Å². The van der Waals surface area contributed by atoms with E-state index in [2.05, 4.69) is 78.3 Å². The van der Waals surface area contributed by atoms with Crippen molar-refractivity contribution in [1.29, 1.82) is 0 Å². The SMILES string of the molecule is CC.CC(C)c1cc(Br)c(OCc2ccccc2)c(-c2ccccc2)c1. The molecule has 136 valence electrons. The van der Waals surface area contributed by atoms with Gasteiger partial charge in [0.2, 0.25) is 0 Å². The third kappa shape index (κ3) is 5.22. The molecule has 3 aromatic carbocycles. The lowest BCUT2D eigenvalue weighted by Gasteiger charge is -2.17. The van der Waals surface area contributed by atoms with Crippen molar-refractivity contribution in [2.24, 2.45) is 0 Å². The van der Waals surface area contributed by atoms with E-state index in [-0.39, 0.29) is 0 Å². The second-order valence-corrected chi connectivity index (χ2v) is 7.03. The van der Waals surface area contributed by atoms with Gasteiger partial charge in [-0.15, -0.1) is 0 Å². The number of halogens is 1. The molecule has 0 radical (unpaired) electrons. The highest BCUT2D eigenvalue weighted by Gasteiger charge is 2.14. The molecule has 0 aliphatic heterocycles. The van der Waals surface area contributed by atoms with Gasteiger partial charge in [0, 0.05) is 5.56 Å². The van der Waals surface area contributed by atoms with Crippen molar-refractivity contribution in [2.75, 3.05) is 0 Å². The van der Waals surface area contributed by atoms with E-state index in [1.807, 2.05) is 38.1 Å². The van der Waals surface area contributed by atoms with Gasteiger partial charge < -0.3 is 4.74 Å². The van der Waals surface area contributed by atoms with E-state index in [9.17, 15) is 0 Å². The van der Waals surface area contributed by atoms with Gasteiger partial charge in [0.25, 0.3) is 0 Å². The summed E-state index contributed by atoms with van der Waals surface area (Å²) in [6.45, 7) is 8.97. The lowest BCUT2D eigenvalue weighted by Crippen LogP contribution is -1.99. The zero-order chi connectivity index (χ0) is 18.9. The Kier molecular flexibility index (Phi) is 7.93. The average molecular weight is 411 g/mol. The summed E-state index contributed by atoms with van der Waals surface area (Å²) in [4.78, 5) is 0. The first-order chi connectivity index (χ1) is 12.6. The van der Waals surface area contributed by atoms with Crippen LogP contribution < -0.4 is 4.74 Å². The lowest BCUT2D eigenvalue weighted by molar-refractivity contribution is 0.305. The molecule has 0 aliphatic carbocycles. The number of benzene rings is 3. The molecule has 3 rings (SSSR count). The molecule has 0 N–H and O–H groups in total. The van der Waals surface area contributed by atoms with E-state index in [1.54, 1.807) is 0 Å². The van der Waals surface area contributed by atoms with Crippen LogP contribution in [0.1, 0.15) is 44.7 Å². The fourth-order valence-corrected chi connectivity index (χ4v) is 3.25. The molecule has 26 heavy (non-hydrogen) atoms. The molecule has 0 heterocycles. The highest BCUT2D eigenvalue weighted by atomic mass is 79.9. The highest BCUT2D eigenvalue weighted by Crippen LogP contribution is 2.39. The summed E-state index contributed by atoms with van der Waals surface area (Å²) in [6.07, 6.45) is 0. The fraction of sp³-hybridized carbons (Fsp3) is 0.250. The second-order valence-electron chi connectivity index (χ2n) is 6.17. The molecule has 0 amide bonds. The molecule has 2 heteroatoms. The Morgan fingerprint density at radius 1 is 0.846 bits per heavy atom. The van der Waals surface area contributed by atoms with Crippen LogP contribution in [0, 0.1) is 0 Å². The molecule has 0 saturated heterocycles. The summed E-state index contributed by atoms with van der Waals surface area (Å²) in [5.74, 6) is 1.36. The van der Waals surface area contributed by atoms with Crippen LogP contribution in [0.15, 0.2) is 77.3 Å². The maximum absolute atomic E-state index is 6.20. The van der Waals surface area contributed by atoms with Crippen LogP contribution in [0.4, 0.5) is 0 Å². The molecule has 0 unspecified atom stereocenters. The third-order valence-electron chi connectivity index (χ3n) is 4.04. The number of hydrogen-bond donors (Lipinski definition) is 0. The van der Waals surface area contributed by atoms with Crippen molar-refractivity contribution in [2.45, 2.75) is 40.2 Å².